The SMILES string of the molecule is CN1CCN(CCOc2cc(OC3CCCC3)c3c(Nc4ccc(F)c(Cl)c4)ncnc3c2)CC1. The van der Waals surface area contributed by atoms with Crippen LogP contribution in [0.2, 0.25) is 5.02 Å². The number of aromatic nitrogens is 2. The highest BCUT2D eigenvalue weighted by atomic mass is 35.5. The second kappa shape index (κ2) is 10.9. The number of halogens is 2. The largest absolute Gasteiger partial charge is 0.492 e. The first-order valence-electron chi connectivity index (χ1n) is 12.3. The maximum atomic E-state index is 13.6. The van der Waals surface area contributed by atoms with Crippen LogP contribution in [0.4, 0.5) is 15.9 Å². The Morgan fingerprint density at radius 3 is 2.66 bits per heavy atom. The molecule has 1 aliphatic heterocycles. The lowest BCUT2D eigenvalue weighted by molar-refractivity contribution is 0.133. The number of fused-ring (bicyclic) bond motifs is 1. The van der Waals surface area contributed by atoms with E-state index in [1.165, 1.54) is 31.3 Å². The second-order valence-electron chi connectivity index (χ2n) is 9.31. The van der Waals surface area contributed by atoms with Gasteiger partial charge < -0.3 is 19.7 Å². The molecule has 1 N–H and O–H groups in total. The molecule has 5 rings (SSSR count). The topological polar surface area (TPSA) is 62.8 Å². The molecule has 1 saturated carbocycles. The van der Waals surface area contributed by atoms with Crippen molar-refractivity contribution in [2.24, 2.45) is 0 Å². The molecule has 3 aromatic rings. The van der Waals surface area contributed by atoms with E-state index >= 15 is 0 Å². The Morgan fingerprint density at radius 1 is 1.09 bits per heavy atom. The van der Waals surface area contributed by atoms with Gasteiger partial charge in [0.1, 0.15) is 36.1 Å². The summed E-state index contributed by atoms with van der Waals surface area (Å²) in [6.07, 6.45) is 6.05. The number of nitrogens with zero attached hydrogens (tertiary/aromatic N) is 4. The van der Waals surface area contributed by atoms with E-state index < -0.39 is 5.82 Å². The number of benzene rings is 2. The van der Waals surface area contributed by atoms with Crippen LogP contribution in [0.15, 0.2) is 36.7 Å². The molecule has 0 radical (unpaired) electrons. The first-order valence-corrected chi connectivity index (χ1v) is 12.6. The number of piperazine rings is 1. The third-order valence-corrected chi connectivity index (χ3v) is 7.02. The maximum absolute atomic E-state index is 13.6. The van der Waals surface area contributed by atoms with E-state index in [0.717, 1.165) is 62.2 Å². The van der Waals surface area contributed by atoms with Gasteiger partial charge in [0.2, 0.25) is 0 Å². The van der Waals surface area contributed by atoms with Crippen molar-refractivity contribution in [3.05, 3.63) is 47.5 Å². The lowest BCUT2D eigenvalue weighted by Crippen LogP contribution is -2.45. The Kier molecular flexibility index (Phi) is 7.51. The lowest BCUT2D eigenvalue weighted by Gasteiger charge is -2.32. The maximum Gasteiger partial charge on any atom is 0.145 e. The van der Waals surface area contributed by atoms with E-state index in [9.17, 15) is 4.39 Å². The first kappa shape index (κ1) is 24.0. The number of nitrogens with one attached hydrogen (secondary N) is 1. The van der Waals surface area contributed by atoms with Crippen molar-refractivity contribution < 1.29 is 13.9 Å². The van der Waals surface area contributed by atoms with Crippen LogP contribution < -0.4 is 14.8 Å². The van der Waals surface area contributed by atoms with E-state index in [2.05, 4.69) is 32.1 Å². The fraction of sp³-hybridized carbons (Fsp3) is 0.462. The van der Waals surface area contributed by atoms with Crippen molar-refractivity contribution in [1.29, 1.82) is 0 Å². The molecule has 1 aliphatic carbocycles. The third-order valence-electron chi connectivity index (χ3n) is 6.73. The molecular formula is C26H31ClFN5O2. The molecule has 1 saturated heterocycles. The third kappa shape index (κ3) is 5.94. The average Bonchev–Trinajstić information content (AvgIpc) is 3.36. The van der Waals surface area contributed by atoms with Crippen LogP contribution in [-0.2, 0) is 0 Å². The van der Waals surface area contributed by atoms with Crippen molar-refractivity contribution in [2.45, 2.75) is 31.8 Å². The van der Waals surface area contributed by atoms with Gasteiger partial charge in [0.05, 0.1) is 22.0 Å². The minimum atomic E-state index is -0.464. The molecule has 0 amide bonds. The molecule has 7 nitrogen and oxygen atoms in total. The Labute approximate surface area is 210 Å². The summed E-state index contributed by atoms with van der Waals surface area (Å²) in [5, 5.41) is 4.07. The summed E-state index contributed by atoms with van der Waals surface area (Å²) >= 11 is 5.98. The number of likely N-dealkylation sites (N-methyl/N-ethyl adjacent to an activating group) is 1. The highest BCUT2D eigenvalue weighted by molar-refractivity contribution is 6.31. The average molecular weight is 500 g/mol. The summed E-state index contributed by atoms with van der Waals surface area (Å²) in [7, 11) is 2.16. The van der Waals surface area contributed by atoms with Crippen molar-refractivity contribution in [3.8, 4) is 11.5 Å². The molecule has 2 aliphatic rings. The van der Waals surface area contributed by atoms with Crippen LogP contribution in [0.3, 0.4) is 0 Å². The number of ether oxygens (including phenoxy) is 2. The minimum Gasteiger partial charge on any atom is -0.492 e. The highest BCUT2D eigenvalue weighted by Gasteiger charge is 2.21. The fourth-order valence-electron chi connectivity index (χ4n) is 4.66. The Morgan fingerprint density at radius 2 is 1.89 bits per heavy atom. The van der Waals surface area contributed by atoms with E-state index in [-0.39, 0.29) is 11.1 Å². The van der Waals surface area contributed by atoms with Gasteiger partial charge >= 0.3 is 0 Å². The summed E-state index contributed by atoms with van der Waals surface area (Å²) in [6, 6.07) is 8.36. The normalized spacial score (nSPS) is 17.7. The summed E-state index contributed by atoms with van der Waals surface area (Å²) in [5.74, 6) is 1.54. The van der Waals surface area contributed by atoms with Gasteiger partial charge in [0, 0.05) is 50.5 Å². The molecule has 0 spiro atoms. The summed E-state index contributed by atoms with van der Waals surface area (Å²) < 4.78 is 26.3. The van der Waals surface area contributed by atoms with Gasteiger partial charge in [-0.15, -0.1) is 0 Å². The van der Waals surface area contributed by atoms with Crippen LogP contribution in [0.5, 0.6) is 11.5 Å². The zero-order valence-corrected chi connectivity index (χ0v) is 20.7. The predicted molar refractivity (Wildman–Crippen MR) is 137 cm³/mol. The van der Waals surface area contributed by atoms with Gasteiger partial charge in [0.25, 0.3) is 0 Å². The van der Waals surface area contributed by atoms with Gasteiger partial charge in [-0.2, -0.15) is 0 Å². The Balaban J connectivity index is 1.40. The second-order valence-corrected chi connectivity index (χ2v) is 9.72. The fourth-order valence-corrected chi connectivity index (χ4v) is 4.84. The van der Waals surface area contributed by atoms with Crippen molar-refractivity contribution >= 4 is 34.0 Å². The molecule has 0 bridgehead atoms. The zero-order valence-electron chi connectivity index (χ0n) is 20.0. The Hall–Kier alpha value is -2.68. The lowest BCUT2D eigenvalue weighted by atomic mass is 10.2. The Bertz CT molecular complexity index is 1170. The highest BCUT2D eigenvalue weighted by Crippen LogP contribution is 2.38. The molecule has 186 valence electrons. The zero-order chi connectivity index (χ0) is 24.2. The van der Waals surface area contributed by atoms with E-state index in [1.54, 1.807) is 6.07 Å². The molecule has 2 aromatic carbocycles. The van der Waals surface area contributed by atoms with E-state index in [1.807, 2.05) is 12.1 Å². The van der Waals surface area contributed by atoms with Gasteiger partial charge in [0.15, 0.2) is 0 Å². The van der Waals surface area contributed by atoms with Crippen LogP contribution >= 0.6 is 11.6 Å². The van der Waals surface area contributed by atoms with E-state index in [0.29, 0.717) is 23.9 Å². The summed E-state index contributed by atoms with van der Waals surface area (Å²) in [5.41, 5.74) is 1.36. The molecule has 35 heavy (non-hydrogen) atoms. The molecule has 9 heteroatoms. The van der Waals surface area contributed by atoms with Crippen LogP contribution in [0.1, 0.15) is 25.7 Å². The number of hydrogen-bond acceptors (Lipinski definition) is 7. The van der Waals surface area contributed by atoms with Crippen LogP contribution in [-0.4, -0.2) is 72.3 Å². The molecule has 2 fully saturated rings. The number of rotatable bonds is 8. The monoisotopic (exact) mass is 499 g/mol. The minimum absolute atomic E-state index is 0.0480. The summed E-state index contributed by atoms with van der Waals surface area (Å²) in [4.78, 5) is 13.7. The first-order chi connectivity index (χ1) is 17.0. The van der Waals surface area contributed by atoms with Gasteiger partial charge in [-0.1, -0.05) is 11.6 Å². The van der Waals surface area contributed by atoms with Gasteiger partial charge in [-0.3, -0.25) is 4.90 Å². The molecular weight excluding hydrogens is 469 g/mol. The number of anilines is 2. The van der Waals surface area contributed by atoms with E-state index in [4.69, 9.17) is 21.1 Å². The molecule has 0 unspecified atom stereocenters. The van der Waals surface area contributed by atoms with Crippen molar-refractivity contribution in [2.75, 3.05) is 51.7 Å². The van der Waals surface area contributed by atoms with Gasteiger partial charge in [-0.25, -0.2) is 14.4 Å². The molecule has 2 heterocycles. The predicted octanol–water partition coefficient (Wildman–Crippen LogP) is 5.11. The van der Waals surface area contributed by atoms with Crippen molar-refractivity contribution in [3.63, 3.8) is 0 Å². The number of hydrogen-bond donors (Lipinski definition) is 1. The van der Waals surface area contributed by atoms with Gasteiger partial charge in [-0.05, 0) is 50.9 Å². The van der Waals surface area contributed by atoms with Crippen molar-refractivity contribution in [1.82, 2.24) is 19.8 Å². The molecule has 0 atom stereocenters. The smallest absolute Gasteiger partial charge is 0.145 e. The molecule has 1 aromatic heterocycles. The quantitative estimate of drug-likeness (QED) is 0.462. The van der Waals surface area contributed by atoms with Crippen LogP contribution in [0, 0.1) is 5.82 Å². The summed E-state index contributed by atoms with van der Waals surface area (Å²) in [6.45, 7) is 5.77. The standard InChI is InChI=1S/C26H31ClFN5O2/c1-32-8-10-33(11-9-32)12-13-34-20-15-23-25(24(16-20)35-19-4-2-3-5-19)26(30-17-29-23)31-18-6-7-22(28)21(27)14-18/h6-7,14-17,19H,2-5,8-13H2,1H3,(H,29,30,31). The van der Waals surface area contributed by atoms with Crippen LogP contribution in [0.25, 0.3) is 10.9 Å².